The first-order valence-electron chi connectivity index (χ1n) is 5.52. The van der Waals surface area contributed by atoms with E-state index in [1.54, 1.807) is 0 Å². The standard InChI is InChI=1S/C12H17NO/c1-14-12-7-6-11(13-12)9-4-2-3-5-10(12)8-9/h2-5,9-11,13H,6-8H2,1H3/t9?,10?,11-,12-/m1/s1. The second-order valence-electron chi connectivity index (χ2n) is 4.66. The number of hydrogen-bond acceptors (Lipinski definition) is 2. The smallest absolute Gasteiger partial charge is 0.125 e. The van der Waals surface area contributed by atoms with Gasteiger partial charge in [0.1, 0.15) is 5.72 Å². The van der Waals surface area contributed by atoms with Gasteiger partial charge in [0, 0.05) is 19.1 Å². The van der Waals surface area contributed by atoms with Crippen LogP contribution in [0.2, 0.25) is 0 Å². The summed E-state index contributed by atoms with van der Waals surface area (Å²) in [5, 5.41) is 3.67. The molecule has 3 rings (SSSR count). The Hall–Kier alpha value is -0.600. The molecule has 1 N–H and O–H groups in total. The molecular weight excluding hydrogens is 174 g/mol. The second-order valence-corrected chi connectivity index (χ2v) is 4.66. The first kappa shape index (κ1) is 8.69. The highest BCUT2D eigenvalue weighted by Gasteiger charge is 2.50. The Balaban J connectivity index is 1.99. The number of hydrogen-bond donors (Lipinski definition) is 1. The Morgan fingerprint density at radius 1 is 1.36 bits per heavy atom. The summed E-state index contributed by atoms with van der Waals surface area (Å²) < 4.78 is 5.72. The van der Waals surface area contributed by atoms with Crippen LogP contribution in [-0.4, -0.2) is 18.9 Å². The highest BCUT2D eigenvalue weighted by atomic mass is 16.5. The maximum Gasteiger partial charge on any atom is 0.125 e. The van der Waals surface area contributed by atoms with Gasteiger partial charge in [-0.1, -0.05) is 24.3 Å². The lowest BCUT2D eigenvalue weighted by atomic mass is 9.83. The second kappa shape index (κ2) is 2.94. The summed E-state index contributed by atoms with van der Waals surface area (Å²) in [7, 11) is 1.84. The normalized spacial score (nSPS) is 49.4. The zero-order valence-corrected chi connectivity index (χ0v) is 8.57. The first-order valence-corrected chi connectivity index (χ1v) is 5.52. The molecule has 0 spiro atoms. The number of fused-ring (bicyclic) bond motifs is 6. The minimum absolute atomic E-state index is 0.0519. The molecule has 2 heterocycles. The first-order chi connectivity index (χ1) is 6.84. The van der Waals surface area contributed by atoms with Crippen molar-refractivity contribution in [1.29, 1.82) is 0 Å². The van der Waals surface area contributed by atoms with E-state index in [4.69, 9.17) is 4.74 Å². The quantitative estimate of drug-likeness (QED) is 0.683. The van der Waals surface area contributed by atoms with Crippen LogP contribution in [0.4, 0.5) is 0 Å². The van der Waals surface area contributed by atoms with Gasteiger partial charge in [0.15, 0.2) is 0 Å². The molecule has 0 amide bonds. The van der Waals surface area contributed by atoms with E-state index in [0.29, 0.717) is 17.9 Å². The predicted octanol–water partition coefficient (Wildman–Crippen LogP) is 1.84. The third-order valence-electron chi connectivity index (χ3n) is 4.08. The van der Waals surface area contributed by atoms with Crippen molar-refractivity contribution in [1.82, 2.24) is 5.32 Å². The van der Waals surface area contributed by atoms with Crippen molar-refractivity contribution in [3.63, 3.8) is 0 Å². The van der Waals surface area contributed by atoms with E-state index in [9.17, 15) is 0 Å². The monoisotopic (exact) mass is 191 g/mol. The van der Waals surface area contributed by atoms with Crippen LogP contribution in [0.25, 0.3) is 0 Å². The molecule has 2 aliphatic heterocycles. The fourth-order valence-corrected chi connectivity index (χ4v) is 3.25. The van der Waals surface area contributed by atoms with Crippen LogP contribution >= 0.6 is 0 Å². The number of ether oxygens (including phenoxy) is 1. The number of methoxy groups -OCH3 is 1. The molecule has 14 heavy (non-hydrogen) atoms. The number of piperidine rings is 1. The summed E-state index contributed by atoms with van der Waals surface area (Å²) in [4.78, 5) is 0. The van der Waals surface area contributed by atoms with E-state index >= 15 is 0 Å². The van der Waals surface area contributed by atoms with E-state index in [1.807, 2.05) is 7.11 Å². The number of rotatable bonds is 1. The van der Waals surface area contributed by atoms with Gasteiger partial charge in [0.05, 0.1) is 0 Å². The maximum absolute atomic E-state index is 5.72. The van der Waals surface area contributed by atoms with Gasteiger partial charge in [0.2, 0.25) is 0 Å². The third kappa shape index (κ3) is 1.04. The lowest BCUT2D eigenvalue weighted by molar-refractivity contribution is -0.0790. The molecule has 2 saturated heterocycles. The summed E-state index contributed by atoms with van der Waals surface area (Å²) >= 11 is 0. The van der Waals surface area contributed by atoms with Crippen LogP contribution < -0.4 is 5.32 Å². The number of nitrogens with one attached hydrogen (secondary N) is 1. The van der Waals surface area contributed by atoms with Crippen molar-refractivity contribution < 1.29 is 4.74 Å². The van der Waals surface area contributed by atoms with Crippen molar-refractivity contribution in [3.8, 4) is 0 Å². The fraction of sp³-hybridized carbons (Fsp3) is 0.667. The van der Waals surface area contributed by atoms with Gasteiger partial charge in [0.25, 0.3) is 0 Å². The van der Waals surface area contributed by atoms with Gasteiger partial charge in [-0.25, -0.2) is 0 Å². The van der Waals surface area contributed by atoms with E-state index in [-0.39, 0.29) is 5.72 Å². The zero-order chi connectivity index (χ0) is 9.60. The molecule has 0 radical (unpaired) electrons. The van der Waals surface area contributed by atoms with Gasteiger partial charge in [-0.15, -0.1) is 0 Å². The lowest BCUT2D eigenvalue weighted by Crippen LogP contribution is -2.56. The Bertz CT molecular complexity index is 297. The molecule has 0 saturated carbocycles. The zero-order valence-electron chi connectivity index (χ0n) is 8.57. The van der Waals surface area contributed by atoms with Crippen molar-refractivity contribution in [2.75, 3.05) is 7.11 Å². The maximum atomic E-state index is 5.72. The highest BCUT2D eigenvalue weighted by molar-refractivity contribution is 5.20. The molecule has 0 aromatic rings. The van der Waals surface area contributed by atoms with Crippen LogP contribution in [0.3, 0.4) is 0 Å². The van der Waals surface area contributed by atoms with E-state index in [0.717, 1.165) is 6.42 Å². The minimum atomic E-state index is -0.0519. The summed E-state index contributed by atoms with van der Waals surface area (Å²) in [6.07, 6.45) is 12.7. The summed E-state index contributed by atoms with van der Waals surface area (Å²) in [5.41, 5.74) is -0.0519. The van der Waals surface area contributed by atoms with Crippen molar-refractivity contribution >= 4 is 0 Å². The minimum Gasteiger partial charge on any atom is -0.363 e. The summed E-state index contributed by atoms with van der Waals surface area (Å²) in [5.74, 6) is 1.26. The molecule has 1 aliphatic carbocycles. The van der Waals surface area contributed by atoms with Crippen molar-refractivity contribution in [2.24, 2.45) is 11.8 Å². The SMILES string of the molecule is CO[C@@]12CC[C@@H](N1)C1C=CC=CC2C1. The largest absolute Gasteiger partial charge is 0.363 e. The molecule has 2 heteroatoms. The lowest BCUT2D eigenvalue weighted by Gasteiger charge is -2.41. The predicted molar refractivity (Wildman–Crippen MR) is 55.8 cm³/mol. The Labute approximate surface area is 85.0 Å². The summed E-state index contributed by atoms with van der Waals surface area (Å²) in [6.45, 7) is 0. The molecule has 4 bridgehead atoms. The molecule has 4 atom stereocenters. The van der Waals surface area contributed by atoms with E-state index in [1.165, 1.54) is 12.8 Å². The summed E-state index contributed by atoms with van der Waals surface area (Å²) in [6, 6.07) is 0.641. The van der Waals surface area contributed by atoms with Crippen LogP contribution in [0, 0.1) is 11.8 Å². The van der Waals surface area contributed by atoms with Crippen molar-refractivity contribution in [3.05, 3.63) is 24.3 Å². The third-order valence-corrected chi connectivity index (χ3v) is 4.08. The molecule has 2 unspecified atom stereocenters. The average molecular weight is 191 g/mol. The van der Waals surface area contributed by atoms with Crippen molar-refractivity contribution in [2.45, 2.75) is 31.0 Å². The molecule has 0 aromatic heterocycles. The van der Waals surface area contributed by atoms with Gasteiger partial charge < -0.3 is 4.74 Å². The molecule has 2 nitrogen and oxygen atoms in total. The Kier molecular flexibility index (Phi) is 1.83. The Morgan fingerprint density at radius 2 is 2.21 bits per heavy atom. The van der Waals surface area contributed by atoms with Crippen LogP contribution in [0.1, 0.15) is 19.3 Å². The van der Waals surface area contributed by atoms with Crippen LogP contribution in [0.5, 0.6) is 0 Å². The molecule has 0 aromatic carbocycles. The van der Waals surface area contributed by atoms with E-state index < -0.39 is 0 Å². The fourth-order valence-electron chi connectivity index (χ4n) is 3.25. The molecule has 3 aliphatic rings. The van der Waals surface area contributed by atoms with Crippen LogP contribution in [-0.2, 0) is 4.74 Å². The average Bonchev–Trinajstić information content (AvgIpc) is 2.47. The van der Waals surface area contributed by atoms with Crippen LogP contribution in [0.15, 0.2) is 24.3 Å². The van der Waals surface area contributed by atoms with E-state index in [2.05, 4.69) is 29.6 Å². The number of allylic oxidation sites excluding steroid dienone is 2. The van der Waals surface area contributed by atoms with Gasteiger partial charge >= 0.3 is 0 Å². The highest BCUT2D eigenvalue weighted by Crippen LogP contribution is 2.45. The van der Waals surface area contributed by atoms with Gasteiger partial charge in [-0.2, -0.15) is 0 Å². The Morgan fingerprint density at radius 3 is 3.07 bits per heavy atom. The van der Waals surface area contributed by atoms with Gasteiger partial charge in [-0.3, -0.25) is 5.32 Å². The molecule has 2 fully saturated rings. The molecule has 76 valence electrons. The molecular formula is C12H17NO. The topological polar surface area (TPSA) is 21.3 Å². The van der Waals surface area contributed by atoms with Gasteiger partial charge in [-0.05, 0) is 25.2 Å².